The Balaban J connectivity index is 1.88. The minimum Gasteiger partial charge on any atom is -0.365 e. The second kappa shape index (κ2) is 7.25. The van der Waals surface area contributed by atoms with Crippen LogP contribution < -0.4 is 5.32 Å². The van der Waals surface area contributed by atoms with Gasteiger partial charge in [0.15, 0.2) is 0 Å². The third kappa shape index (κ3) is 4.18. The van der Waals surface area contributed by atoms with Crippen molar-refractivity contribution in [2.45, 2.75) is 58.2 Å². The number of hydrogen-bond acceptors (Lipinski definition) is 3. The standard InChI is InChI=1S/C15H28N2O2/c1-3-9-17(11-13-5-4-8-16-10-13)15(18)14-7-6-12(2)19-14/h12-14,16H,3-11H2,1-2H3. The molecule has 0 aromatic heterocycles. The van der Waals surface area contributed by atoms with Gasteiger partial charge in [-0.25, -0.2) is 0 Å². The van der Waals surface area contributed by atoms with Crippen molar-refractivity contribution >= 4 is 5.91 Å². The summed E-state index contributed by atoms with van der Waals surface area (Å²) in [5.41, 5.74) is 0. The zero-order valence-corrected chi connectivity index (χ0v) is 12.4. The normalized spacial score (nSPS) is 31.4. The predicted molar refractivity (Wildman–Crippen MR) is 76.0 cm³/mol. The molecule has 2 rings (SSSR count). The summed E-state index contributed by atoms with van der Waals surface area (Å²) in [7, 11) is 0. The van der Waals surface area contributed by atoms with Crippen molar-refractivity contribution in [1.29, 1.82) is 0 Å². The number of rotatable bonds is 5. The van der Waals surface area contributed by atoms with Gasteiger partial charge in [0.1, 0.15) is 6.10 Å². The molecule has 0 aromatic rings. The fraction of sp³-hybridized carbons (Fsp3) is 0.933. The van der Waals surface area contributed by atoms with E-state index >= 15 is 0 Å². The van der Waals surface area contributed by atoms with Gasteiger partial charge in [0.05, 0.1) is 6.10 Å². The Kier molecular flexibility index (Phi) is 5.64. The van der Waals surface area contributed by atoms with Crippen LogP contribution in [0.1, 0.15) is 46.0 Å². The third-order valence-corrected chi connectivity index (χ3v) is 4.19. The van der Waals surface area contributed by atoms with Crippen molar-refractivity contribution in [2.75, 3.05) is 26.2 Å². The van der Waals surface area contributed by atoms with Crippen molar-refractivity contribution in [1.82, 2.24) is 10.2 Å². The highest BCUT2D eigenvalue weighted by Crippen LogP contribution is 2.22. The van der Waals surface area contributed by atoms with E-state index in [0.29, 0.717) is 5.92 Å². The summed E-state index contributed by atoms with van der Waals surface area (Å²) < 4.78 is 5.73. The van der Waals surface area contributed by atoms with Gasteiger partial charge in [-0.15, -0.1) is 0 Å². The lowest BCUT2D eigenvalue weighted by Gasteiger charge is -2.31. The Morgan fingerprint density at radius 3 is 2.79 bits per heavy atom. The number of nitrogens with one attached hydrogen (secondary N) is 1. The predicted octanol–water partition coefficient (Wildman–Crippen LogP) is 1.79. The van der Waals surface area contributed by atoms with Crippen LogP contribution in [0.25, 0.3) is 0 Å². The van der Waals surface area contributed by atoms with Gasteiger partial charge in [-0.3, -0.25) is 4.79 Å². The molecule has 0 aliphatic carbocycles. The number of hydrogen-bond donors (Lipinski definition) is 1. The smallest absolute Gasteiger partial charge is 0.251 e. The van der Waals surface area contributed by atoms with Gasteiger partial charge in [-0.2, -0.15) is 0 Å². The van der Waals surface area contributed by atoms with E-state index < -0.39 is 0 Å². The number of carbonyl (C=O) groups excluding carboxylic acids is 1. The van der Waals surface area contributed by atoms with E-state index in [-0.39, 0.29) is 18.1 Å². The molecule has 19 heavy (non-hydrogen) atoms. The van der Waals surface area contributed by atoms with Crippen LogP contribution in [-0.2, 0) is 9.53 Å². The van der Waals surface area contributed by atoms with Gasteiger partial charge >= 0.3 is 0 Å². The van der Waals surface area contributed by atoms with E-state index in [1.165, 1.54) is 12.8 Å². The summed E-state index contributed by atoms with van der Waals surface area (Å²) in [4.78, 5) is 14.6. The summed E-state index contributed by atoms with van der Waals surface area (Å²) in [6.07, 6.45) is 5.46. The molecule has 2 fully saturated rings. The van der Waals surface area contributed by atoms with E-state index in [1.54, 1.807) is 0 Å². The molecule has 4 heteroatoms. The summed E-state index contributed by atoms with van der Waals surface area (Å²) >= 11 is 0. The fourth-order valence-corrected chi connectivity index (χ4v) is 3.14. The van der Waals surface area contributed by atoms with E-state index in [9.17, 15) is 4.79 Å². The topological polar surface area (TPSA) is 41.6 Å². The van der Waals surface area contributed by atoms with Crippen molar-refractivity contribution < 1.29 is 9.53 Å². The molecule has 0 aromatic carbocycles. The first kappa shape index (κ1) is 14.8. The molecule has 110 valence electrons. The SMILES string of the molecule is CCCN(CC1CCCNC1)C(=O)C1CCC(C)O1. The lowest BCUT2D eigenvalue weighted by molar-refractivity contribution is -0.143. The van der Waals surface area contributed by atoms with Crippen LogP contribution in [0.4, 0.5) is 0 Å². The molecule has 0 radical (unpaired) electrons. The maximum atomic E-state index is 12.5. The molecule has 3 unspecified atom stereocenters. The molecular formula is C15H28N2O2. The molecule has 1 N–H and O–H groups in total. The molecule has 0 saturated carbocycles. The highest BCUT2D eigenvalue weighted by atomic mass is 16.5. The zero-order valence-electron chi connectivity index (χ0n) is 12.4. The van der Waals surface area contributed by atoms with Gasteiger partial charge in [-0.05, 0) is 58.0 Å². The average molecular weight is 268 g/mol. The molecule has 0 spiro atoms. The van der Waals surface area contributed by atoms with Gasteiger partial charge < -0.3 is 15.0 Å². The number of piperidine rings is 1. The van der Waals surface area contributed by atoms with Gasteiger partial charge in [0.2, 0.25) is 0 Å². The summed E-state index contributed by atoms with van der Waals surface area (Å²) in [6.45, 7) is 8.13. The summed E-state index contributed by atoms with van der Waals surface area (Å²) in [6, 6.07) is 0. The first-order valence-electron chi connectivity index (χ1n) is 7.85. The maximum Gasteiger partial charge on any atom is 0.251 e. The van der Waals surface area contributed by atoms with Crippen LogP contribution in [0, 0.1) is 5.92 Å². The number of amides is 1. The minimum absolute atomic E-state index is 0.182. The second-order valence-electron chi connectivity index (χ2n) is 6.01. The highest BCUT2D eigenvalue weighted by Gasteiger charge is 2.32. The fourth-order valence-electron chi connectivity index (χ4n) is 3.14. The van der Waals surface area contributed by atoms with Gasteiger partial charge in [0.25, 0.3) is 5.91 Å². The van der Waals surface area contributed by atoms with E-state index in [2.05, 4.69) is 19.2 Å². The molecule has 2 aliphatic rings. The largest absolute Gasteiger partial charge is 0.365 e. The van der Waals surface area contributed by atoms with Crippen molar-refractivity contribution in [2.24, 2.45) is 5.92 Å². The molecule has 1 amide bonds. The van der Waals surface area contributed by atoms with Crippen molar-refractivity contribution in [3.05, 3.63) is 0 Å². The number of ether oxygens (including phenoxy) is 1. The molecule has 3 atom stereocenters. The Morgan fingerprint density at radius 1 is 1.37 bits per heavy atom. The lowest BCUT2D eigenvalue weighted by Crippen LogP contribution is -2.45. The Morgan fingerprint density at radius 2 is 2.21 bits per heavy atom. The van der Waals surface area contributed by atoms with Crippen LogP contribution in [0.3, 0.4) is 0 Å². The summed E-state index contributed by atoms with van der Waals surface area (Å²) in [5.74, 6) is 0.833. The number of nitrogens with zero attached hydrogens (tertiary/aromatic N) is 1. The Bertz CT molecular complexity index is 290. The first-order chi connectivity index (χ1) is 9.20. The highest BCUT2D eigenvalue weighted by molar-refractivity contribution is 5.81. The van der Waals surface area contributed by atoms with Crippen molar-refractivity contribution in [3.63, 3.8) is 0 Å². The second-order valence-corrected chi connectivity index (χ2v) is 6.01. The number of carbonyl (C=O) groups is 1. The van der Waals surface area contributed by atoms with Crippen LogP contribution in [-0.4, -0.2) is 49.2 Å². The monoisotopic (exact) mass is 268 g/mol. The molecule has 2 saturated heterocycles. The lowest BCUT2D eigenvalue weighted by atomic mass is 9.98. The zero-order chi connectivity index (χ0) is 13.7. The van der Waals surface area contributed by atoms with Crippen LogP contribution in [0.2, 0.25) is 0 Å². The maximum absolute atomic E-state index is 12.5. The molecular weight excluding hydrogens is 240 g/mol. The molecule has 2 heterocycles. The summed E-state index contributed by atoms with van der Waals surface area (Å²) in [5, 5.41) is 3.43. The first-order valence-corrected chi connectivity index (χ1v) is 7.85. The van der Waals surface area contributed by atoms with Gasteiger partial charge in [-0.1, -0.05) is 6.92 Å². The van der Waals surface area contributed by atoms with Gasteiger partial charge in [0, 0.05) is 13.1 Å². The average Bonchev–Trinajstić information content (AvgIpc) is 2.85. The van der Waals surface area contributed by atoms with E-state index in [1.807, 2.05) is 4.90 Å². The quantitative estimate of drug-likeness (QED) is 0.826. The molecule has 4 nitrogen and oxygen atoms in total. The Hall–Kier alpha value is -0.610. The third-order valence-electron chi connectivity index (χ3n) is 4.19. The van der Waals surface area contributed by atoms with Crippen LogP contribution in [0.15, 0.2) is 0 Å². The van der Waals surface area contributed by atoms with Crippen molar-refractivity contribution in [3.8, 4) is 0 Å². The van der Waals surface area contributed by atoms with Crippen LogP contribution >= 0.6 is 0 Å². The van der Waals surface area contributed by atoms with E-state index in [4.69, 9.17) is 4.74 Å². The minimum atomic E-state index is -0.182. The Labute approximate surface area is 116 Å². The van der Waals surface area contributed by atoms with Crippen LogP contribution in [0.5, 0.6) is 0 Å². The molecule has 2 aliphatic heterocycles. The molecule has 0 bridgehead atoms. The van der Waals surface area contributed by atoms with E-state index in [0.717, 1.165) is 45.4 Å².